The van der Waals surface area contributed by atoms with Gasteiger partial charge in [0.1, 0.15) is 6.61 Å². The van der Waals surface area contributed by atoms with E-state index in [1.807, 2.05) is 30.5 Å². The quantitative estimate of drug-likeness (QED) is 0.455. The number of aliphatic hydroxyl groups excluding tert-OH is 1. The highest BCUT2D eigenvalue weighted by atomic mass is 32.1. The number of rotatable bonds is 4. The Labute approximate surface area is 221 Å². The SMILES string of the molecule is CC12Cc3cn[nH]c3C=C1CCCC1C2C(O)CC2(C)C(C(=O)COc3nc4ccccc4s3)CCC12. The molecular weight excluding hydrogens is 482 g/mol. The summed E-state index contributed by atoms with van der Waals surface area (Å²) in [4.78, 5) is 18.1. The van der Waals surface area contributed by atoms with E-state index < -0.39 is 6.10 Å². The number of aliphatic hydroxyl groups is 1. The minimum Gasteiger partial charge on any atom is -0.462 e. The monoisotopic (exact) mass is 517 g/mol. The molecule has 0 amide bonds. The largest absolute Gasteiger partial charge is 0.462 e. The second-order valence-corrected chi connectivity index (χ2v) is 13.4. The molecule has 0 bridgehead atoms. The summed E-state index contributed by atoms with van der Waals surface area (Å²) in [6.07, 6.45) is 10.8. The van der Waals surface area contributed by atoms with Gasteiger partial charge >= 0.3 is 0 Å². The van der Waals surface area contributed by atoms with E-state index in [9.17, 15) is 9.90 Å². The van der Waals surface area contributed by atoms with Gasteiger partial charge in [0.15, 0.2) is 5.78 Å². The van der Waals surface area contributed by atoms with Gasteiger partial charge in [0.05, 0.1) is 28.2 Å². The van der Waals surface area contributed by atoms with Crippen LogP contribution in [0.15, 0.2) is 36.0 Å². The van der Waals surface area contributed by atoms with Crippen molar-refractivity contribution in [2.24, 2.45) is 34.5 Å². The molecule has 0 saturated heterocycles. The third kappa shape index (κ3) is 3.57. The average Bonchev–Trinajstić information content (AvgIpc) is 3.55. The number of carbonyl (C=O) groups is 1. The Morgan fingerprint density at radius 2 is 2.11 bits per heavy atom. The number of benzene rings is 1. The molecule has 0 radical (unpaired) electrons. The number of carbonyl (C=O) groups excluding carboxylic acids is 1. The number of hydrogen-bond acceptors (Lipinski definition) is 6. The Balaban J connectivity index is 1.13. The van der Waals surface area contributed by atoms with Crippen LogP contribution in [0.3, 0.4) is 0 Å². The predicted molar refractivity (Wildman–Crippen MR) is 144 cm³/mol. The van der Waals surface area contributed by atoms with E-state index in [4.69, 9.17) is 4.74 Å². The molecule has 2 heterocycles. The van der Waals surface area contributed by atoms with E-state index in [0.29, 0.717) is 23.5 Å². The fourth-order valence-electron chi connectivity index (χ4n) is 8.98. The number of ether oxygens (including phenoxy) is 1. The molecule has 3 aromatic rings. The number of Topliss-reactive ketones (excluding diaryl/α,β-unsaturated/α-hetero) is 1. The molecule has 7 unspecified atom stereocenters. The highest BCUT2D eigenvalue weighted by Gasteiger charge is 2.62. The summed E-state index contributed by atoms with van der Waals surface area (Å²) in [6.45, 7) is 4.72. The summed E-state index contributed by atoms with van der Waals surface area (Å²) in [7, 11) is 0. The normalized spacial score (nSPS) is 36.6. The van der Waals surface area contributed by atoms with Crippen molar-refractivity contribution in [1.82, 2.24) is 15.2 Å². The van der Waals surface area contributed by atoms with Crippen molar-refractivity contribution in [3.8, 4) is 5.19 Å². The minimum absolute atomic E-state index is 0.0587. The molecule has 37 heavy (non-hydrogen) atoms. The van der Waals surface area contributed by atoms with Crippen LogP contribution in [0.25, 0.3) is 16.3 Å². The maximum Gasteiger partial charge on any atom is 0.274 e. The Morgan fingerprint density at radius 3 is 2.97 bits per heavy atom. The van der Waals surface area contributed by atoms with Gasteiger partial charge in [-0.1, -0.05) is 42.9 Å². The molecule has 194 valence electrons. The van der Waals surface area contributed by atoms with Gasteiger partial charge in [-0.3, -0.25) is 9.89 Å². The maximum absolute atomic E-state index is 13.6. The standard InChI is InChI=1S/C30H35N3O3S/c1-29-13-17-15-31-33-23(17)12-18(29)6-5-7-19-20-10-11-21(30(20,2)14-24(34)27(19)29)25(35)16-36-28-32-22-8-3-4-9-26(22)37-28/h3-4,8-9,12,15,19-21,24,27,34H,5-7,10-11,13-14,16H2,1-2H3,(H,31,33). The molecule has 7 atom stereocenters. The third-order valence-corrected chi connectivity index (χ3v) is 11.5. The average molecular weight is 518 g/mol. The van der Waals surface area contributed by atoms with Crippen LogP contribution in [-0.2, 0) is 11.2 Å². The molecule has 3 fully saturated rings. The van der Waals surface area contributed by atoms with Crippen molar-refractivity contribution < 1.29 is 14.6 Å². The summed E-state index contributed by atoms with van der Waals surface area (Å²) in [5.74, 6) is 1.20. The Hall–Kier alpha value is -2.51. The lowest BCUT2D eigenvalue weighted by Gasteiger charge is -2.56. The molecule has 7 heteroatoms. The number of nitrogens with one attached hydrogen (secondary N) is 1. The lowest BCUT2D eigenvalue weighted by molar-refractivity contribution is -0.139. The lowest BCUT2D eigenvalue weighted by atomic mass is 9.49. The Kier molecular flexibility index (Phi) is 5.42. The summed E-state index contributed by atoms with van der Waals surface area (Å²) in [5.41, 5.74) is 4.53. The number of nitrogens with zero attached hydrogens (tertiary/aromatic N) is 2. The van der Waals surface area contributed by atoms with E-state index in [1.54, 1.807) is 0 Å². The first kappa shape index (κ1) is 23.6. The van der Waals surface area contributed by atoms with Crippen LogP contribution in [0.4, 0.5) is 0 Å². The number of aromatic nitrogens is 3. The van der Waals surface area contributed by atoms with Gasteiger partial charge in [-0.25, -0.2) is 4.98 Å². The van der Waals surface area contributed by atoms with Crippen molar-refractivity contribution in [1.29, 1.82) is 0 Å². The van der Waals surface area contributed by atoms with Gasteiger partial charge in [-0.05, 0) is 97.3 Å². The van der Waals surface area contributed by atoms with Crippen LogP contribution >= 0.6 is 11.3 Å². The molecule has 7 rings (SSSR count). The first-order valence-corrected chi connectivity index (χ1v) is 14.6. The second kappa shape index (κ2) is 8.50. The third-order valence-electron chi connectivity index (χ3n) is 10.5. The van der Waals surface area contributed by atoms with E-state index in [0.717, 1.165) is 54.4 Å². The van der Waals surface area contributed by atoms with Crippen molar-refractivity contribution in [2.45, 2.75) is 64.9 Å². The molecular formula is C30H35N3O3S. The number of H-pyrrole nitrogens is 1. The number of fused-ring (bicyclic) bond motifs is 7. The fourth-order valence-corrected chi connectivity index (χ4v) is 9.79. The minimum atomic E-state index is -0.412. The summed E-state index contributed by atoms with van der Waals surface area (Å²) in [5, 5.41) is 19.9. The van der Waals surface area contributed by atoms with Crippen LogP contribution in [0.5, 0.6) is 5.19 Å². The van der Waals surface area contributed by atoms with E-state index in [-0.39, 0.29) is 35.1 Å². The zero-order valence-corrected chi connectivity index (χ0v) is 22.4. The molecule has 4 aliphatic rings. The summed E-state index contributed by atoms with van der Waals surface area (Å²) in [6, 6.07) is 7.95. The molecule has 2 aromatic heterocycles. The van der Waals surface area contributed by atoms with Gasteiger partial charge in [0, 0.05) is 5.92 Å². The van der Waals surface area contributed by atoms with E-state index in [2.05, 4.69) is 35.1 Å². The van der Waals surface area contributed by atoms with Gasteiger partial charge in [0.2, 0.25) is 0 Å². The highest BCUT2D eigenvalue weighted by molar-refractivity contribution is 7.20. The van der Waals surface area contributed by atoms with Crippen LogP contribution in [0, 0.1) is 34.5 Å². The van der Waals surface area contributed by atoms with Crippen LogP contribution in [-0.4, -0.2) is 38.8 Å². The second-order valence-electron chi connectivity index (χ2n) is 12.4. The van der Waals surface area contributed by atoms with Crippen molar-refractivity contribution in [3.63, 3.8) is 0 Å². The van der Waals surface area contributed by atoms with Crippen LogP contribution in [0.1, 0.15) is 63.6 Å². The molecule has 1 aromatic carbocycles. The van der Waals surface area contributed by atoms with Gasteiger partial charge in [-0.2, -0.15) is 5.10 Å². The highest BCUT2D eigenvalue weighted by Crippen LogP contribution is 2.65. The molecule has 3 saturated carbocycles. The number of hydrogen-bond donors (Lipinski definition) is 2. The smallest absolute Gasteiger partial charge is 0.274 e. The first-order valence-electron chi connectivity index (χ1n) is 13.8. The molecule has 0 aliphatic heterocycles. The Morgan fingerprint density at radius 1 is 1.24 bits per heavy atom. The van der Waals surface area contributed by atoms with Gasteiger partial charge < -0.3 is 9.84 Å². The van der Waals surface area contributed by atoms with Crippen LogP contribution in [0.2, 0.25) is 0 Å². The molecule has 4 aliphatic carbocycles. The number of ketones is 1. The molecule has 6 nitrogen and oxygen atoms in total. The number of aromatic amines is 1. The van der Waals surface area contributed by atoms with Gasteiger partial charge in [0.25, 0.3) is 5.19 Å². The maximum atomic E-state index is 13.6. The zero-order valence-electron chi connectivity index (χ0n) is 21.6. The molecule has 2 N–H and O–H groups in total. The topological polar surface area (TPSA) is 88.1 Å². The van der Waals surface area contributed by atoms with Crippen LogP contribution < -0.4 is 4.74 Å². The Bertz CT molecular complexity index is 1360. The van der Waals surface area contributed by atoms with Crippen molar-refractivity contribution in [3.05, 3.63) is 47.3 Å². The lowest BCUT2D eigenvalue weighted by Crippen LogP contribution is -2.55. The predicted octanol–water partition coefficient (Wildman–Crippen LogP) is 5.83. The fraction of sp³-hybridized carbons (Fsp3) is 0.567. The van der Waals surface area contributed by atoms with Crippen molar-refractivity contribution >= 4 is 33.4 Å². The molecule has 0 spiro atoms. The number of allylic oxidation sites excluding steroid dienone is 1. The number of thiazole rings is 1. The first-order chi connectivity index (χ1) is 17.9. The van der Waals surface area contributed by atoms with Crippen molar-refractivity contribution in [2.75, 3.05) is 6.61 Å². The van der Waals surface area contributed by atoms with E-state index >= 15 is 0 Å². The van der Waals surface area contributed by atoms with Gasteiger partial charge in [-0.15, -0.1) is 0 Å². The summed E-state index contributed by atoms with van der Waals surface area (Å²) >= 11 is 1.49. The zero-order chi connectivity index (χ0) is 25.4. The summed E-state index contributed by atoms with van der Waals surface area (Å²) < 4.78 is 7.00. The van der Waals surface area contributed by atoms with E-state index in [1.165, 1.54) is 22.5 Å². The number of para-hydroxylation sites is 1.